The zero-order chi connectivity index (χ0) is 17.2. The van der Waals surface area contributed by atoms with Crippen LogP contribution in [0.5, 0.6) is 5.75 Å². The van der Waals surface area contributed by atoms with Gasteiger partial charge in [0.05, 0.1) is 7.11 Å². The Hall–Kier alpha value is -2.75. The molecule has 0 saturated carbocycles. The number of hydrogen-bond donors (Lipinski definition) is 2. The first kappa shape index (κ1) is 17.6. The average molecular weight is 324 g/mol. The molecule has 24 heavy (non-hydrogen) atoms. The molecular formula is C20H24N2O2. The third-order valence-corrected chi connectivity index (χ3v) is 3.64. The Bertz CT molecular complexity index is 661. The van der Waals surface area contributed by atoms with Crippen LogP contribution in [-0.4, -0.2) is 13.1 Å². The normalized spacial score (nSPS) is 10.6. The number of urea groups is 1. The lowest BCUT2D eigenvalue weighted by molar-refractivity contribution is 0.255. The number of anilines is 1. The first-order chi connectivity index (χ1) is 11.7. The number of unbranched alkanes of at least 4 members (excludes halogenated alkanes) is 1. The lowest BCUT2D eigenvalue weighted by atomic mass is 10.1. The molecule has 2 aromatic carbocycles. The SMILES string of the molecule is CCCCc1ccc(NC(=O)N/C=C/c2ccc(OC)cc2)cc1. The van der Waals surface area contributed by atoms with E-state index in [1.165, 1.54) is 18.4 Å². The van der Waals surface area contributed by atoms with Crippen LogP contribution < -0.4 is 15.4 Å². The van der Waals surface area contributed by atoms with Crippen molar-refractivity contribution in [2.24, 2.45) is 0 Å². The van der Waals surface area contributed by atoms with E-state index in [2.05, 4.69) is 29.7 Å². The van der Waals surface area contributed by atoms with Crippen molar-refractivity contribution < 1.29 is 9.53 Å². The minimum absolute atomic E-state index is 0.263. The summed E-state index contributed by atoms with van der Waals surface area (Å²) in [6, 6.07) is 15.3. The summed E-state index contributed by atoms with van der Waals surface area (Å²) in [5.74, 6) is 0.806. The number of methoxy groups -OCH3 is 1. The summed E-state index contributed by atoms with van der Waals surface area (Å²) in [6.07, 6.45) is 6.89. The van der Waals surface area contributed by atoms with Gasteiger partial charge in [-0.15, -0.1) is 0 Å². The third-order valence-electron chi connectivity index (χ3n) is 3.64. The van der Waals surface area contributed by atoms with Gasteiger partial charge in [0.25, 0.3) is 0 Å². The second-order valence-corrected chi connectivity index (χ2v) is 5.51. The van der Waals surface area contributed by atoms with E-state index in [0.717, 1.165) is 23.4 Å². The van der Waals surface area contributed by atoms with Crippen LogP contribution in [0.2, 0.25) is 0 Å². The van der Waals surface area contributed by atoms with Crippen molar-refractivity contribution >= 4 is 17.8 Å². The number of carbonyl (C=O) groups excluding carboxylic acids is 1. The van der Waals surface area contributed by atoms with Crippen LogP contribution in [0.15, 0.2) is 54.7 Å². The van der Waals surface area contributed by atoms with Crippen molar-refractivity contribution in [2.45, 2.75) is 26.2 Å². The molecule has 0 bridgehead atoms. The number of amides is 2. The van der Waals surface area contributed by atoms with Crippen LogP contribution in [-0.2, 0) is 6.42 Å². The molecule has 0 aliphatic heterocycles. The molecule has 0 atom stereocenters. The Balaban J connectivity index is 1.80. The minimum atomic E-state index is -0.263. The van der Waals surface area contributed by atoms with Gasteiger partial charge in [-0.05, 0) is 54.3 Å². The average Bonchev–Trinajstić information content (AvgIpc) is 2.62. The highest BCUT2D eigenvalue weighted by Crippen LogP contribution is 2.13. The molecule has 0 aliphatic rings. The van der Waals surface area contributed by atoms with Gasteiger partial charge in [-0.25, -0.2) is 4.79 Å². The Morgan fingerprint density at radius 2 is 1.79 bits per heavy atom. The van der Waals surface area contributed by atoms with E-state index in [-0.39, 0.29) is 6.03 Å². The summed E-state index contributed by atoms with van der Waals surface area (Å²) in [6.45, 7) is 2.18. The van der Waals surface area contributed by atoms with E-state index in [1.54, 1.807) is 13.3 Å². The van der Waals surface area contributed by atoms with Gasteiger partial charge in [0, 0.05) is 11.9 Å². The second-order valence-electron chi connectivity index (χ2n) is 5.51. The molecule has 0 heterocycles. The molecule has 4 heteroatoms. The van der Waals surface area contributed by atoms with Crippen LogP contribution in [0, 0.1) is 0 Å². The van der Waals surface area contributed by atoms with Crippen molar-refractivity contribution in [3.63, 3.8) is 0 Å². The Morgan fingerprint density at radius 3 is 2.42 bits per heavy atom. The van der Waals surface area contributed by atoms with Crippen molar-refractivity contribution in [3.8, 4) is 5.75 Å². The largest absolute Gasteiger partial charge is 0.497 e. The van der Waals surface area contributed by atoms with E-state index in [9.17, 15) is 4.79 Å². The van der Waals surface area contributed by atoms with Crippen molar-refractivity contribution in [1.82, 2.24) is 5.32 Å². The summed E-state index contributed by atoms with van der Waals surface area (Å²) in [4.78, 5) is 11.9. The summed E-state index contributed by atoms with van der Waals surface area (Å²) >= 11 is 0. The van der Waals surface area contributed by atoms with Crippen LogP contribution >= 0.6 is 0 Å². The summed E-state index contributed by atoms with van der Waals surface area (Å²) in [7, 11) is 1.63. The molecule has 0 spiro atoms. The number of hydrogen-bond acceptors (Lipinski definition) is 2. The number of nitrogens with one attached hydrogen (secondary N) is 2. The van der Waals surface area contributed by atoms with Crippen LogP contribution in [0.1, 0.15) is 30.9 Å². The molecule has 0 aliphatic carbocycles. The Morgan fingerprint density at radius 1 is 1.08 bits per heavy atom. The minimum Gasteiger partial charge on any atom is -0.497 e. The molecular weight excluding hydrogens is 300 g/mol. The monoisotopic (exact) mass is 324 g/mol. The number of aryl methyl sites for hydroxylation is 1. The molecule has 2 N–H and O–H groups in total. The van der Waals surface area contributed by atoms with Gasteiger partial charge in [0.15, 0.2) is 0 Å². The van der Waals surface area contributed by atoms with Gasteiger partial charge in [-0.1, -0.05) is 37.6 Å². The zero-order valence-corrected chi connectivity index (χ0v) is 14.2. The smallest absolute Gasteiger partial charge is 0.323 e. The maximum Gasteiger partial charge on any atom is 0.323 e. The molecule has 126 valence electrons. The predicted molar refractivity (Wildman–Crippen MR) is 99.2 cm³/mol. The molecule has 2 aromatic rings. The highest BCUT2D eigenvalue weighted by atomic mass is 16.5. The summed E-state index contributed by atoms with van der Waals surface area (Å²) < 4.78 is 5.10. The molecule has 0 aromatic heterocycles. The first-order valence-electron chi connectivity index (χ1n) is 8.18. The van der Waals surface area contributed by atoms with Crippen LogP contribution in [0.3, 0.4) is 0 Å². The standard InChI is InChI=1S/C20H24N2O2/c1-3-4-5-16-6-10-18(11-7-16)22-20(23)21-15-14-17-8-12-19(24-2)13-9-17/h6-15H,3-5H2,1-2H3,(H2,21,22,23)/b15-14+. The predicted octanol–water partition coefficient (Wildman–Crippen LogP) is 4.83. The maximum atomic E-state index is 11.9. The van der Waals surface area contributed by atoms with E-state index in [0.29, 0.717) is 0 Å². The topological polar surface area (TPSA) is 50.4 Å². The number of ether oxygens (including phenoxy) is 1. The van der Waals surface area contributed by atoms with Gasteiger partial charge in [0.1, 0.15) is 5.75 Å². The fraction of sp³-hybridized carbons (Fsp3) is 0.250. The van der Waals surface area contributed by atoms with Crippen molar-refractivity contribution in [1.29, 1.82) is 0 Å². The zero-order valence-electron chi connectivity index (χ0n) is 14.2. The van der Waals surface area contributed by atoms with Gasteiger partial charge < -0.3 is 15.4 Å². The molecule has 0 unspecified atom stereocenters. The van der Waals surface area contributed by atoms with Crippen LogP contribution in [0.25, 0.3) is 6.08 Å². The van der Waals surface area contributed by atoms with Crippen molar-refractivity contribution in [2.75, 3.05) is 12.4 Å². The summed E-state index contributed by atoms with van der Waals surface area (Å²) in [5, 5.41) is 5.50. The van der Waals surface area contributed by atoms with Crippen LogP contribution in [0.4, 0.5) is 10.5 Å². The van der Waals surface area contributed by atoms with E-state index >= 15 is 0 Å². The van der Waals surface area contributed by atoms with Gasteiger partial charge in [0.2, 0.25) is 0 Å². The van der Waals surface area contributed by atoms with Gasteiger partial charge in [-0.2, -0.15) is 0 Å². The molecule has 4 nitrogen and oxygen atoms in total. The number of carbonyl (C=O) groups is 1. The molecule has 0 fully saturated rings. The molecule has 0 saturated heterocycles. The first-order valence-corrected chi connectivity index (χ1v) is 8.18. The molecule has 2 rings (SSSR count). The third kappa shape index (κ3) is 5.80. The van der Waals surface area contributed by atoms with E-state index in [1.807, 2.05) is 42.5 Å². The van der Waals surface area contributed by atoms with E-state index in [4.69, 9.17) is 4.74 Å². The molecule has 0 radical (unpaired) electrons. The quantitative estimate of drug-likeness (QED) is 0.766. The van der Waals surface area contributed by atoms with Crippen molar-refractivity contribution in [3.05, 3.63) is 65.9 Å². The fourth-order valence-electron chi connectivity index (χ4n) is 2.23. The number of rotatable bonds is 7. The highest BCUT2D eigenvalue weighted by molar-refractivity contribution is 5.90. The van der Waals surface area contributed by atoms with Gasteiger partial charge in [-0.3, -0.25) is 0 Å². The lowest BCUT2D eigenvalue weighted by Gasteiger charge is -2.06. The Kier molecular flexibility index (Phi) is 6.90. The highest BCUT2D eigenvalue weighted by Gasteiger charge is 1.99. The Labute approximate surface area is 143 Å². The lowest BCUT2D eigenvalue weighted by Crippen LogP contribution is -2.23. The molecule has 2 amide bonds. The number of benzene rings is 2. The fourth-order valence-corrected chi connectivity index (χ4v) is 2.23. The second kappa shape index (κ2) is 9.40. The van der Waals surface area contributed by atoms with E-state index < -0.39 is 0 Å². The van der Waals surface area contributed by atoms with Gasteiger partial charge >= 0.3 is 6.03 Å². The maximum absolute atomic E-state index is 11.9. The summed E-state index contributed by atoms with van der Waals surface area (Å²) in [5.41, 5.74) is 3.06.